The summed E-state index contributed by atoms with van der Waals surface area (Å²) in [5, 5.41) is 11.4. The fourth-order valence-electron chi connectivity index (χ4n) is 1.76. The predicted octanol–water partition coefficient (Wildman–Crippen LogP) is 2.73. The molecule has 21 heavy (non-hydrogen) atoms. The molecule has 2 N–H and O–H groups in total. The van der Waals surface area contributed by atoms with Gasteiger partial charge >= 0.3 is 0 Å². The number of aliphatic hydroxyl groups excluding tert-OH is 1. The van der Waals surface area contributed by atoms with Crippen LogP contribution in [-0.2, 0) is 0 Å². The summed E-state index contributed by atoms with van der Waals surface area (Å²) in [5.41, 5.74) is 2.29. The van der Waals surface area contributed by atoms with Crippen molar-refractivity contribution >= 4 is 11.6 Å². The van der Waals surface area contributed by atoms with Crippen molar-refractivity contribution in [1.82, 2.24) is 0 Å². The van der Waals surface area contributed by atoms with Gasteiger partial charge in [-0.1, -0.05) is 29.5 Å². The summed E-state index contributed by atoms with van der Waals surface area (Å²) in [5.74, 6) is 4.30. The summed E-state index contributed by atoms with van der Waals surface area (Å²) < 4.78 is 13.2. The van der Waals surface area contributed by atoms with E-state index in [-0.39, 0.29) is 12.5 Å². The van der Waals surface area contributed by atoms with E-state index in [1.165, 1.54) is 18.2 Å². The fraction of sp³-hybridized carbons (Fsp3) is 0.118. The van der Waals surface area contributed by atoms with E-state index >= 15 is 0 Å². The Kier molecular flexibility index (Phi) is 4.70. The molecular weight excluding hydrogens is 269 g/mol. The van der Waals surface area contributed by atoms with Crippen LogP contribution in [0.4, 0.5) is 10.1 Å². The molecule has 0 aliphatic rings. The minimum atomic E-state index is -0.453. The molecule has 0 aromatic heterocycles. The van der Waals surface area contributed by atoms with E-state index in [4.69, 9.17) is 5.11 Å². The number of halogens is 1. The van der Waals surface area contributed by atoms with E-state index in [0.717, 1.165) is 5.56 Å². The maximum Gasteiger partial charge on any atom is 0.255 e. The van der Waals surface area contributed by atoms with E-state index in [1.807, 2.05) is 19.1 Å². The Hall–Kier alpha value is -2.64. The lowest BCUT2D eigenvalue weighted by molar-refractivity contribution is 0.102. The Balaban J connectivity index is 2.26. The van der Waals surface area contributed by atoms with Crippen LogP contribution in [0.3, 0.4) is 0 Å². The van der Waals surface area contributed by atoms with Crippen LogP contribution in [-0.4, -0.2) is 17.6 Å². The summed E-state index contributed by atoms with van der Waals surface area (Å²) in [6.07, 6.45) is 0. The molecule has 0 fully saturated rings. The molecule has 4 heteroatoms. The van der Waals surface area contributed by atoms with Gasteiger partial charge in [-0.2, -0.15) is 0 Å². The zero-order chi connectivity index (χ0) is 15.2. The number of hydrogen-bond donors (Lipinski definition) is 2. The maximum atomic E-state index is 13.2. The Morgan fingerprint density at radius 2 is 1.95 bits per heavy atom. The lowest BCUT2D eigenvalue weighted by atomic mass is 10.1. The lowest BCUT2D eigenvalue weighted by Crippen LogP contribution is -2.13. The van der Waals surface area contributed by atoms with E-state index in [0.29, 0.717) is 16.8 Å². The van der Waals surface area contributed by atoms with Crippen molar-refractivity contribution in [3.8, 4) is 11.8 Å². The number of carbonyl (C=O) groups excluding carboxylic acids is 1. The van der Waals surface area contributed by atoms with Gasteiger partial charge in [0, 0.05) is 5.56 Å². The Bertz CT molecular complexity index is 712. The number of aryl methyl sites for hydroxylation is 1. The molecule has 0 aliphatic carbocycles. The van der Waals surface area contributed by atoms with Crippen LogP contribution in [0.15, 0.2) is 42.5 Å². The van der Waals surface area contributed by atoms with Crippen molar-refractivity contribution in [2.75, 3.05) is 11.9 Å². The molecule has 0 saturated heterocycles. The van der Waals surface area contributed by atoms with E-state index in [9.17, 15) is 9.18 Å². The highest BCUT2D eigenvalue weighted by molar-refractivity contribution is 6.04. The zero-order valence-corrected chi connectivity index (χ0v) is 11.5. The second-order valence-corrected chi connectivity index (χ2v) is 4.47. The first-order chi connectivity index (χ1) is 10.1. The molecule has 2 aromatic rings. The third-order valence-electron chi connectivity index (χ3n) is 2.85. The van der Waals surface area contributed by atoms with Crippen molar-refractivity contribution in [1.29, 1.82) is 0 Å². The highest BCUT2D eigenvalue weighted by atomic mass is 19.1. The first kappa shape index (κ1) is 14.8. The quantitative estimate of drug-likeness (QED) is 0.833. The summed E-state index contributed by atoms with van der Waals surface area (Å²) in [7, 11) is 0. The Morgan fingerprint density at radius 1 is 1.24 bits per heavy atom. The Labute approximate surface area is 122 Å². The molecule has 2 rings (SSSR count). The van der Waals surface area contributed by atoms with Crippen LogP contribution in [0.5, 0.6) is 0 Å². The first-order valence-corrected chi connectivity index (χ1v) is 6.37. The molecule has 0 bridgehead atoms. The number of anilines is 1. The van der Waals surface area contributed by atoms with Gasteiger partial charge in [-0.15, -0.1) is 0 Å². The summed E-state index contributed by atoms with van der Waals surface area (Å²) >= 11 is 0. The minimum Gasteiger partial charge on any atom is -0.384 e. The van der Waals surface area contributed by atoms with Crippen molar-refractivity contribution < 1.29 is 14.3 Å². The van der Waals surface area contributed by atoms with Crippen molar-refractivity contribution in [3.63, 3.8) is 0 Å². The lowest BCUT2D eigenvalue weighted by Gasteiger charge is -2.08. The molecule has 0 atom stereocenters. The molecular formula is C17H14FNO2. The van der Waals surface area contributed by atoms with Gasteiger partial charge in [-0.05, 0) is 37.3 Å². The molecule has 106 valence electrons. The van der Waals surface area contributed by atoms with Gasteiger partial charge in [0.2, 0.25) is 0 Å². The van der Waals surface area contributed by atoms with Crippen molar-refractivity contribution in [2.45, 2.75) is 6.92 Å². The first-order valence-electron chi connectivity index (χ1n) is 6.37. The number of nitrogens with one attached hydrogen (secondary N) is 1. The molecule has 1 amide bonds. The van der Waals surface area contributed by atoms with E-state index < -0.39 is 5.82 Å². The highest BCUT2D eigenvalue weighted by Crippen LogP contribution is 2.17. The number of amides is 1. The average Bonchev–Trinajstić information content (AvgIpc) is 2.48. The van der Waals surface area contributed by atoms with E-state index in [2.05, 4.69) is 17.2 Å². The van der Waals surface area contributed by atoms with Gasteiger partial charge in [0.25, 0.3) is 5.91 Å². The third kappa shape index (κ3) is 3.91. The second kappa shape index (κ2) is 6.69. The van der Waals surface area contributed by atoms with Crippen LogP contribution < -0.4 is 5.32 Å². The molecule has 0 spiro atoms. The van der Waals surface area contributed by atoms with Gasteiger partial charge in [0.15, 0.2) is 0 Å². The van der Waals surface area contributed by atoms with E-state index in [1.54, 1.807) is 12.1 Å². The largest absolute Gasteiger partial charge is 0.384 e. The van der Waals surface area contributed by atoms with Crippen molar-refractivity contribution in [3.05, 3.63) is 65.0 Å². The summed E-state index contributed by atoms with van der Waals surface area (Å²) in [6, 6.07) is 11.0. The van der Waals surface area contributed by atoms with Crippen LogP contribution in [0.2, 0.25) is 0 Å². The minimum absolute atomic E-state index is 0.298. The Morgan fingerprint density at radius 3 is 2.62 bits per heavy atom. The molecule has 3 nitrogen and oxygen atoms in total. The SMILES string of the molecule is Cc1ccc(C(=O)Nc2ccc(F)cc2C#CCO)cc1. The van der Waals surface area contributed by atoms with Crippen LogP contribution in [0, 0.1) is 24.6 Å². The van der Waals surface area contributed by atoms with Gasteiger partial charge in [0.05, 0.1) is 11.3 Å². The molecule has 0 unspecified atom stereocenters. The van der Waals surface area contributed by atoms with Gasteiger partial charge < -0.3 is 10.4 Å². The van der Waals surface area contributed by atoms with Gasteiger partial charge in [0.1, 0.15) is 12.4 Å². The van der Waals surface area contributed by atoms with Gasteiger partial charge in [-0.3, -0.25) is 4.79 Å². The standard InChI is InChI=1S/C17H14FNO2/c1-12-4-6-13(7-5-12)17(21)19-16-9-8-15(18)11-14(16)3-2-10-20/h4-9,11,20H,10H2,1H3,(H,19,21). The number of hydrogen-bond acceptors (Lipinski definition) is 2. The molecule has 0 saturated carbocycles. The van der Waals surface area contributed by atoms with Crippen molar-refractivity contribution in [2.24, 2.45) is 0 Å². The highest BCUT2D eigenvalue weighted by Gasteiger charge is 2.09. The smallest absolute Gasteiger partial charge is 0.255 e. The normalized spacial score (nSPS) is 9.67. The molecule has 0 aliphatic heterocycles. The van der Waals surface area contributed by atoms with Crippen LogP contribution in [0.1, 0.15) is 21.5 Å². The average molecular weight is 283 g/mol. The maximum absolute atomic E-state index is 13.2. The second-order valence-electron chi connectivity index (χ2n) is 4.47. The number of carbonyl (C=O) groups is 1. The number of rotatable bonds is 2. The van der Waals surface area contributed by atoms with Gasteiger partial charge in [-0.25, -0.2) is 4.39 Å². The molecule has 2 aromatic carbocycles. The van der Waals surface area contributed by atoms with Crippen LogP contribution in [0.25, 0.3) is 0 Å². The topological polar surface area (TPSA) is 49.3 Å². The molecule has 0 radical (unpaired) electrons. The fourth-order valence-corrected chi connectivity index (χ4v) is 1.76. The number of benzene rings is 2. The number of aliphatic hydroxyl groups is 1. The molecule has 0 heterocycles. The zero-order valence-electron chi connectivity index (χ0n) is 11.5. The summed E-state index contributed by atoms with van der Waals surface area (Å²) in [4.78, 5) is 12.1. The monoisotopic (exact) mass is 283 g/mol. The third-order valence-corrected chi connectivity index (χ3v) is 2.85. The predicted molar refractivity (Wildman–Crippen MR) is 79.5 cm³/mol. The van der Waals surface area contributed by atoms with Crippen LogP contribution >= 0.6 is 0 Å². The summed E-state index contributed by atoms with van der Waals surface area (Å²) in [6.45, 7) is 1.60.